The van der Waals surface area contributed by atoms with E-state index in [1.165, 1.54) is 36.4 Å². The number of halogens is 2. The van der Waals surface area contributed by atoms with Crippen LogP contribution in [0.4, 0.5) is 0 Å². The topological polar surface area (TPSA) is 71.4 Å². The van der Waals surface area contributed by atoms with Crippen LogP contribution in [0.25, 0.3) is 0 Å². The Morgan fingerprint density at radius 2 is 1.60 bits per heavy atom. The molecule has 0 unspecified atom stereocenters. The minimum atomic E-state index is -4.48. The summed E-state index contributed by atoms with van der Waals surface area (Å²) in [7, 11) is -4.48. The molecule has 1 N–H and O–H groups in total. The summed E-state index contributed by atoms with van der Waals surface area (Å²) in [5.41, 5.74) is 0.299. The van der Waals surface area contributed by atoms with E-state index in [0.29, 0.717) is 10.6 Å². The van der Waals surface area contributed by atoms with E-state index in [1.54, 1.807) is 0 Å². The van der Waals surface area contributed by atoms with E-state index >= 15 is 0 Å². The van der Waals surface area contributed by atoms with Crippen LogP contribution >= 0.6 is 23.2 Å². The summed E-state index contributed by atoms with van der Waals surface area (Å²) in [6.07, 6.45) is 0. The van der Waals surface area contributed by atoms with Gasteiger partial charge in [-0.15, -0.1) is 0 Å². The number of hydrogen-bond donors (Lipinski definition) is 1. The third-order valence-electron chi connectivity index (χ3n) is 2.59. The van der Waals surface area contributed by atoms with E-state index in [-0.39, 0.29) is 10.6 Å². The van der Waals surface area contributed by atoms with Gasteiger partial charge < -0.3 is 0 Å². The predicted molar refractivity (Wildman–Crippen MR) is 76.2 cm³/mol. The Hall–Kier alpha value is -1.40. The van der Waals surface area contributed by atoms with Gasteiger partial charge in [-0.1, -0.05) is 29.3 Å². The average molecular weight is 331 g/mol. The van der Waals surface area contributed by atoms with Crippen LogP contribution in [-0.4, -0.2) is 18.8 Å². The molecule has 4 nitrogen and oxygen atoms in total. The second-order valence-corrected chi connectivity index (χ2v) is 6.13. The Morgan fingerprint density at radius 1 is 1.00 bits per heavy atom. The van der Waals surface area contributed by atoms with E-state index in [4.69, 9.17) is 27.8 Å². The van der Waals surface area contributed by atoms with Gasteiger partial charge in [0.05, 0.1) is 5.02 Å². The molecule has 0 heterocycles. The zero-order valence-electron chi connectivity index (χ0n) is 9.88. The molecule has 0 aliphatic heterocycles. The molecule has 20 heavy (non-hydrogen) atoms. The fourth-order valence-electron chi connectivity index (χ4n) is 1.64. The molecule has 0 saturated carbocycles. The first-order valence-electron chi connectivity index (χ1n) is 5.37. The smallest absolute Gasteiger partial charge is 0.289 e. The van der Waals surface area contributed by atoms with Crippen LogP contribution in [0.15, 0.2) is 47.4 Å². The number of rotatable bonds is 3. The third kappa shape index (κ3) is 3.02. The highest BCUT2D eigenvalue weighted by Crippen LogP contribution is 2.27. The van der Waals surface area contributed by atoms with E-state index in [0.717, 1.165) is 6.07 Å². The van der Waals surface area contributed by atoms with E-state index in [2.05, 4.69) is 0 Å². The molecule has 0 saturated heterocycles. The van der Waals surface area contributed by atoms with Crippen LogP contribution in [0.1, 0.15) is 15.9 Å². The summed E-state index contributed by atoms with van der Waals surface area (Å²) in [6, 6.07) is 9.91. The van der Waals surface area contributed by atoms with E-state index in [1.807, 2.05) is 0 Å². The minimum Gasteiger partial charge on any atom is -0.289 e. The van der Waals surface area contributed by atoms with E-state index in [9.17, 15) is 13.2 Å². The molecular formula is C13H8Cl2O4S. The van der Waals surface area contributed by atoms with Gasteiger partial charge in [0.1, 0.15) is 4.90 Å². The second-order valence-electron chi connectivity index (χ2n) is 3.93. The van der Waals surface area contributed by atoms with Crippen molar-refractivity contribution in [1.82, 2.24) is 0 Å². The number of carbonyl (C=O) groups is 1. The van der Waals surface area contributed by atoms with Crippen molar-refractivity contribution in [3.05, 3.63) is 63.6 Å². The second kappa shape index (κ2) is 5.54. The number of ketones is 1. The Balaban J connectivity index is 2.54. The lowest BCUT2D eigenvalue weighted by molar-refractivity contribution is 0.103. The van der Waals surface area contributed by atoms with E-state index < -0.39 is 20.8 Å². The van der Waals surface area contributed by atoms with Crippen LogP contribution in [0, 0.1) is 0 Å². The molecule has 0 aliphatic rings. The van der Waals surface area contributed by atoms with Gasteiger partial charge in [-0.25, -0.2) is 0 Å². The summed E-state index contributed by atoms with van der Waals surface area (Å²) < 4.78 is 31.3. The first-order valence-corrected chi connectivity index (χ1v) is 7.56. The standard InChI is InChI=1S/C13H8Cl2O4S/c14-9-6-4-8(5-7-9)13(16)10-2-1-3-11(12(10)15)20(17,18)19/h1-7H,(H,17,18,19). The molecule has 2 aromatic carbocycles. The Labute approximate surface area is 125 Å². The molecule has 2 aromatic rings. The molecule has 2 rings (SSSR count). The predicted octanol–water partition coefficient (Wildman–Crippen LogP) is 3.47. The summed E-state index contributed by atoms with van der Waals surface area (Å²) in [4.78, 5) is 11.8. The molecule has 0 amide bonds. The summed E-state index contributed by atoms with van der Waals surface area (Å²) in [5.74, 6) is -0.461. The lowest BCUT2D eigenvalue weighted by atomic mass is 10.0. The molecular weight excluding hydrogens is 323 g/mol. The zero-order valence-corrected chi connectivity index (χ0v) is 12.2. The van der Waals surface area contributed by atoms with Gasteiger partial charge in [0.25, 0.3) is 10.1 Å². The van der Waals surface area contributed by atoms with Crippen molar-refractivity contribution in [2.45, 2.75) is 4.90 Å². The van der Waals surface area contributed by atoms with Gasteiger partial charge in [0, 0.05) is 16.1 Å². The van der Waals surface area contributed by atoms with Crippen molar-refractivity contribution in [3.63, 3.8) is 0 Å². The number of hydrogen-bond acceptors (Lipinski definition) is 3. The number of carbonyl (C=O) groups excluding carboxylic acids is 1. The van der Waals surface area contributed by atoms with Gasteiger partial charge in [-0.05, 0) is 36.4 Å². The molecule has 0 atom stereocenters. The maximum Gasteiger partial charge on any atom is 0.296 e. The van der Waals surface area contributed by atoms with Gasteiger partial charge in [0.2, 0.25) is 0 Å². The highest BCUT2D eigenvalue weighted by atomic mass is 35.5. The SMILES string of the molecule is O=C(c1ccc(Cl)cc1)c1cccc(S(=O)(=O)O)c1Cl. The molecule has 0 fully saturated rings. The first-order chi connectivity index (χ1) is 9.30. The van der Waals surface area contributed by atoms with Gasteiger partial charge in [-0.2, -0.15) is 8.42 Å². The van der Waals surface area contributed by atoms with Crippen LogP contribution in [0.2, 0.25) is 10.0 Å². The molecule has 0 radical (unpaired) electrons. The third-order valence-corrected chi connectivity index (χ3v) is 4.26. The maximum absolute atomic E-state index is 12.3. The van der Waals surface area contributed by atoms with Gasteiger partial charge in [0.15, 0.2) is 5.78 Å². The fourth-order valence-corrected chi connectivity index (χ4v) is 2.86. The Bertz CT molecular complexity index is 767. The molecule has 104 valence electrons. The van der Waals surface area contributed by atoms with Crippen molar-refractivity contribution in [2.75, 3.05) is 0 Å². The van der Waals surface area contributed by atoms with Crippen LogP contribution < -0.4 is 0 Å². The monoisotopic (exact) mass is 330 g/mol. The molecule has 0 aromatic heterocycles. The van der Waals surface area contributed by atoms with Gasteiger partial charge in [-0.3, -0.25) is 9.35 Å². The van der Waals surface area contributed by atoms with Crippen molar-refractivity contribution < 1.29 is 17.8 Å². The van der Waals surface area contributed by atoms with Crippen molar-refractivity contribution in [1.29, 1.82) is 0 Å². The molecule has 0 spiro atoms. The van der Waals surface area contributed by atoms with Crippen LogP contribution in [0.3, 0.4) is 0 Å². The molecule has 0 bridgehead atoms. The summed E-state index contributed by atoms with van der Waals surface area (Å²) >= 11 is 11.6. The van der Waals surface area contributed by atoms with Crippen molar-refractivity contribution >= 4 is 39.1 Å². The zero-order chi connectivity index (χ0) is 14.9. The maximum atomic E-state index is 12.3. The minimum absolute atomic E-state index is 0.0101. The molecule has 0 aliphatic carbocycles. The van der Waals surface area contributed by atoms with Crippen molar-refractivity contribution in [2.24, 2.45) is 0 Å². The summed E-state index contributed by atoms with van der Waals surface area (Å²) in [6.45, 7) is 0. The number of benzene rings is 2. The lowest BCUT2D eigenvalue weighted by Gasteiger charge is -2.07. The molecule has 7 heteroatoms. The first kappa shape index (κ1) is 15.0. The summed E-state index contributed by atoms with van der Waals surface area (Å²) in [5, 5.41) is 0.161. The van der Waals surface area contributed by atoms with Gasteiger partial charge >= 0.3 is 0 Å². The van der Waals surface area contributed by atoms with Crippen LogP contribution in [0.5, 0.6) is 0 Å². The highest BCUT2D eigenvalue weighted by molar-refractivity contribution is 7.86. The normalized spacial score (nSPS) is 11.3. The average Bonchev–Trinajstić information content (AvgIpc) is 2.37. The Morgan fingerprint density at radius 3 is 2.15 bits per heavy atom. The fraction of sp³-hybridized carbons (Fsp3) is 0. The highest BCUT2D eigenvalue weighted by Gasteiger charge is 2.21. The van der Waals surface area contributed by atoms with Crippen LogP contribution in [-0.2, 0) is 10.1 Å². The Kier molecular flexibility index (Phi) is 4.15. The van der Waals surface area contributed by atoms with Crippen molar-refractivity contribution in [3.8, 4) is 0 Å². The largest absolute Gasteiger partial charge is 0.296 e. The lowest BCUT2D eigenvalue weighted by Crippen LogP contribution is -2.06. The quantitative estimate of drug-likeness (QED) is 0.690.